The molecule has 0 aliphatic carbocycles. The van der Waals surface area contributed by atoms with Gasteiger partial charge in [-0.3, -0.25) is 0 Å². The fourth-order valence-corrected chi connectivity index (χ4v) is 1.96. The van der Waals surface area contributed by atoms with Crippen molar-refractivity contribution in [3.8, 4) is 0 Å². The second kappa shape index (κ2) is 5.07. The van der Waals surface area contributed by atoms with E-state index in [2.05, 4.69) is 16.9 Å². The maximum atomic E-state index is 5.50. The zero-order chi connectivity index (χ0) is 9.68. The van der Waals surface area contributed by atoms with E-state index in [9.17, 15) is 0 Å². The van der Waals surface area contributed by atoms with Crippen LogP contribution in [-0.2, 0) is 0 Å². The van der Waals surface area contributed by atoms with Crippen LogP contribution in [-0.4, -0.2) is 15.7 Å². The highest BCUT2D eigenvalue weighted by molar-refractivity contribution is 7.99. The smallest absolute Gasteiger partial charge is 0.221 e. The fourth-order valence-electron chi connectivity index (χ4n) is 0.899. The van der Waals surface area contributed by atoms with Crippen LogP contribution in [0.1, 0.15) is 25.3 Å². The maximum Gasteiger partial charge on any atom is 0.221 e. The third kappa shape index (κ3) is 3.22. The summed E-state index contributed by atoms with van der Waals surface area (Å²) in [5.74, 6) is 1.47. The van der Waals surface area contributed by atoms with Gasteiger partial charge in [0.2, 0.25) is 5.95 Å². The Hall–Kier alpha value is -0.770. The van der Waals surface area contributed by atoms with Gasteiger partial charge in [0.05, 0.1) is 0 Å². The number of aromatic nitrogens is 2. The monoisotopic (exact) mass is 197 g/mol. The molecule has 0 saturated carbocycles. The standard InChI is InChI=1S/C9H15N3S/c1-3-4-5-13-8-7(2)6-11-9(10)12-8/h6H,3-5H2,1-2H3,(H2,10,11,12). The quantitative estimate of drug-likeness (QED) is 0.457. The topological polar surface area (TPSA) is 51.8 Å². The molecule has 0 aromatic carbocycles. The lowest BCUT2D eigenvalue weighted by molar-refractivity contribution is 0.893. The number of unbranched alkanes of at least 4 members (excludes halogenated alkanes) is 1. The molecule has 1 aromatic rings. The molecule has 0 bridgehead atoms. The van der Waals surface area contributed by atoms with E-state index in [1.807, 2.05) is 6.92 Å². The number of thioether (sulfide) groups is 1. The average Bonchev–Trinajstić information content (AvgIpc) is 2.11. The minimum atomic E-state index is 0.365. The van der Waals surface area contributed by atoms with Gasteiger partial charge in [-0.05, 0) is 24.7 Å². The Labute approximate surface area is 83.2 Å². The molecule has 0 fully saturated rings. The number of nitrogens with two attached hydrogens (primary N) is 1. The summed E-state index contributed by atoms with van der Waals surface area (Å²) in [7, 11) is 0. The normalized spacial score (nSPS) is 10.3. The van der Waals surface area contributed by atoms with Crippen molar-refractivity contribution < 1.29 is 0 Å². The van der Waals surface area contributed by atoms with Gasteiger partial charge in [-0.15, -0.1) is 11.8 Å². The highest BCUT2D eigenvalue weighted by Crippen LogP contribution is 2.20. The van der Waals surface area contributed by atoms with Gasteiger partial charge in [0.25, 0.3) is 0 Å². The van der Waals surface area contributed by atoms with E-state index in [1.165, 1.54) is 12.8 Å². The van der Waals surface area contributed by atoms with Crippen molar-refractivity contribution >= 4 is 17.7 Å². The van der Waals surface area contributed by atoms with E-state index in [-0.39, 0.29) is 0 Å². The number of hydrogen-bond donors (Lipinski definition) is 1. The van der Waals surface area contributed by atoms with Crippen LogP contribution in [0.2, 0.25) is 0 Å². The van der Waals surface area contributed by atoms with Crippen LogP contribution in [0.5, 0.6) is 0 Å². The summed E-state index contributed by atoms with van der Waals surface area (Å²) in [4.78, 5) is 8.10. The number of nitrogens with zero attached hydrogens (tertiary/aromatic N) is 2. The molecule has 0 saturated heterocycles. The molecule has 0 atom stereocenters. The first-order valence-corrected chi connectivity index (χ1v) is 5.44. The Morgan fingerprint density at radius 1 is 1.54 bits per heavy atom. The Kier molecular flexibility index (Phi) is 4.02. The maximum absolute atomic E-state index is 5.50. The van der Waals surface area contributed by atoms with Crippen LogP contribution in [0, 0.1) is 6.92 Å². The van der Waals surface area contributed by atoms with E-state index in [4.69, 9.17) is 5.73 Å². The first kappa shape index (κ1) is 10.3. The number of aryl methyl sites for hydroxylation is 1. The van der Waals surface area contributed by atoms with Crippen molar-refractivity contribution in [2.75, 3.05) is 11.5 Å². The van der Waals surface area contributed by atoms with Crippen molar-refractivity contribution in [2.45, 2.75) is 31.7 Å². The SMILES string of the molecule is CCCCSc1nc(N)ncc1C. The number of anilines is 1. The van der Waals surface area contributed by atoms with Gasteiger partial charge in [0, 0.05) is 6.20 Å². The molecular weight excluding hydrogens is 182 g/mol. The van der Waals surface area contributed by atoms with Crippen molar-refractivity contribution in [1.29, 1.82) is 0 Å². The van der Waals surface area contributed by atoms with Gasteiger partial charge < -0.3 is 5.73 Å². The molecule has 0 aliphatic rings. The molecule has 3 nitrogen and oxygen atoms in total. The Morgan fingerprint density at radius 3 is 3.00 bits per heavy atom. The fraction of sp³-hybridized carbons (Fsp3) is 0.556. The molecule has 0 amide bonds. The molecule has 1 rings (SSSR count). The highest BCUT2D eigenvalue weighted by Gasteiger charge is 2.01. The molecule has 1 aromatic heterocycles. The van der Waals surface area contributed by atoms with E-state index in [1.54, 1.807) is 18.0 Å². The summed E-state index contributed by atoms with van der Waals surface area (Å²) in [5, 5.41) is 1.01. The Balaban J connectivity index is 2.59. The van der Waals surface area contributed by atoms with Gasteiger partial charge in [-0.2, -0.15) is 0 Å². The predicted octanol–water partition coefficient (Wildman–Crippen LogP) is 2.26. The molecule has 0 unspecified atom stereocenters. The summed E-state index contributed by atoms with van der Waals surface area (Å²) < 4.78 is 0. The molecule has 1 heterocycles. The molecule has 4 heteroatoms. The predicted molar refractivity (Wildman–Crippen MR) is 56.8 cm³/mol. The van der Waals surface area contributed by atoms with Gasteiger partial charge in [0.1, 0.15) is 5.03 Å². The second-order valence-electron chi connectivity index (χ2n) is 2.92. The van der Waals surface area contributed by atoms with Crippen molar-refractivity contribution in [3.63, 3.8) is 0 Å². The van der Waals surface area contributed by atoms with E-state index in [0.29, 0.717) is 5.95 Å². The van der Waals surface area contributed by atoms with E-state index >= 15 is 0 Å². The first-order valence-electron chi connectivity index (χ1n) is 4.46. The molecule has 72 valence electrons. The minimum absolute atomic E-state index is 0.365. The highest BCUT2D eigenvalue weighted by atomic mass is 32.2. The van der Waals surface area contributed by atoms with Crippen LogP contribution in [0.15, 0.2) is 11.2 Å². The number of nitrogen functional groups attached to an aromatic ring is 1. The largest absolute Gasteiger partial charge is 0.368 e. The summed E-state index contributed by atoms with van der Waals surface area (Å²) >= 11 is 1.75. The van der Waals surface area contributed by atoms with Crippen molar-refractivity contribution in [3.05, 3.63) is 11.8 Å². The lowest BCUT2D eigenvalue weighted by atomic mass is 10.4. The molecule has 0 aliphatic heterocycles. The molecule has 0 spiro atoms. The van der Waals surface area contributed by atoms with Gasteiger partial charge in [0.15, 0.2) is 0 Å². The van der Waals surface area contributed by atoms with Crippen LogP contribution in [0.4, 0.5) is 5.95 Å². The third-order valence-electron chi connectivity index (χ3n) is 1.68. The average molecular weight is 197 g/mol. The lowest BCUT2D eigenvalue weighted by Gasteiger charge is -2.03. The van der Waals surface area contributed by atoms with Gasteiger partial charge in [-0.25, -0.2) is 9.97 Å². The third-order valence-corrected chi connectivity index (χ3v) is 2.86. The summed E-state index contributed by atoms with van der Waals surface area (Å²) in [6, 6.07) is 0. The number of rotatable bonds is 4. The molecule has 0 radical (unpaired) electrons. The van der Waals surface area contributed by atoms with E-state index in [0.717, 1.165) is 16.3 Å². The lowest BCUT2D eigenvalue weighted by Crippen LogP contribution is -1.97. The molecule has 2 N–H and O–H groups in total. The minimum Gasteiger partial charge on any atom is -0.368 e. The second-order valence-corrected chi connectivity index (χ2v) is 4.00. The zero-order valence-electron chi connectivity index (χ0n) is 8.08. The Morgan fingerprint density at radius 2 is 2.31 bits per heavy atom. The summed E-state index contributed by atoms with van der Waals surface area (Å²) in [6.45, 7) is 4.19. The van der Waals surface area contributed by atoms with Crippen LogP contribution < -0.4 is 5.73 Å². The summed E-state index contributed by atoms with van der Waals surface area (Å²) in [5.41, 5.74) is 6.60. The Bertz CT molecular complexity index is 276. The van der Waals surface area contributed by atoms with Crippen LogP contribution in [0.3, 0.4) is 0 Å². The van der Waals surface area contributed by atoms with Crippen molar-refractivity contribution in [1.82, 2.24) is 9.97 Å². The molecule has 13 heavy (non-hydrogen) atoms. The van der Waals surface area contributed by atoms with Crippen LogP contribution >= 0.6 is 11.8 Å². The zero-order valence-corrected chi connectivity index (χ0v) is 8.90. The molecular formula is C9H15N3S. The van der Waals surface area contributed by atoms with Crippen molar-refractivity contribution in [2.24, 2.45) is 0 Å². The van der Waals surface area contributed by atoms with E-state index < -0.39 is 0 Å². The number of hydrogen-bond acceptors (Lipinski definition) is 4. The summed E-state index contributed by atoms with van der Waals surface area (Å²) in [6.07, 6.45) is 4.21. The first-order chi connectivity index (χ1) is 6.24. The van der Waals surface area contributed by atoms with Crippen LogP contribution in [0.25, 0.3) is 0 Å². The van der Waals surface area contributed by atoms with Gasteiger partial charge in [-0.1, -0.05) is 13.3 Å². The van der Waals surface area contributed by atoms with Gasteiger partial charge >= 0.3 is 0 Å².